The third kappa shape index (κ3) is 3.58. The second-order valence-electron chi connectivity index (χ2n) is 5.04. The van der Waals surface area contributed by atoms with Crippen LogP contribution in [-0.2, 0) is 11.2 Å². The Hall–Kier alpha value is -1.95. The molecule has 5 nitrogen and oxygen atoms in total. The molecule has 108 valence electrons. The quantitative estimate of drug-likeness (QED) is 0.920. The van der Waals surface area contributed by atoms with Crippen LogP contribution in [0.2, 0.25) is 0 Å². The third-order valence-electron chi connectivity index (χ3n) is 3.44. The van der Waals surface area contributed by atoms with Crippen LogP contribution >= 0.6 is 15.9 Å². The van der Waals surface area contributed by atoms with Crippen LogP contribution in [0, 0.1) is 0 Å². The first-order chi connectivity index (χ1) is 10.2. The van der Waals surface area contributed by atoms with Crippen LogP contribution in [-0.4, -0.2) is 39.9 Å². The number of nitrogens with one attached hydrogen (secondary N) is 1. The molecule has 3 rings (SSSR count). The predicted octanol–water partition coefficient (Wildman–Crippen LogP) is 2.10. The Balaban J connectivity index is 1.47. The summed E-state index contributed by atoms with van der Waals surface area (Å²) in [6.45, 7) is 1.44. The molecule has 21 heavy (non-hydrogen) atoms. The van der Waals surface area contributed by atoms with Gasteiger partial charge in [-0.05, 0) is 23.8 Å². The topological polar surface area (TPSA) is 58.1 Å². The maximum absolute atomic E-state index is 12.1. The monoisotopic (exact) mass is 346 g/mol. The fraction of sp³-hybridized carbons (Fsp3) is 0.267. The molecule has 1 amide bonds. The van der Waals surface area contributed by atoms with Gasteiger partial charge in [0.25, 0.3) is 0 Å². The number of hydrogen-bond donors (Lipinski definition) is 1. The molecule has 1 aliphatic rings. The molecule has 0 radical (unpaired) electrons. The van der Waals surface area contributed by atoms with Gasteiger partial charge in [-0.25, -0.2) is 9.97 Å². The lowest BCUT2D eigenvalue weighted by Gasteiger charge is -2.39. The highest BCUT2D eigenvalue weighted by Crippen LogP contribution is 2.16. The van der Waals surface area contributed by atoms with Gasteiger partial charge >= 0.3 is 0 Å². The van der Waals surface area contributed by atoms with E-state index in [1.165, 1.54) is 6.33 Å². The molecule has 1 aliphatic heterocycles. The number of rotatable bonds is 4. The van der Waals surface area contributed by atoms with E-state index in [0.717, 1.165) is 28.9 Å². The minimum Gasteiger partial charge on any atom is -0.364 e. The number of amides is 1. The van der Waals surface area contributed by atoms with Crippen LogP contribution in [0.1, 0.15) is 5.56 Å². The molecule has 1 aromatic carbocycles. The Labute approximate surface area is 131 Å². The van der Waals surface area contributed by atoms with Crippen molar-refractivity contribution in [3.8, 4) is 0 Å². The number of hydrogen-bond acceptors (Lipinski definition) is 4. The van der Waals surface area contributed by atoms with Gasteiger partial charge in [0.2, 0.25) is 5.91 Å². The fourth-order valence-electron chi connectivity index (χ4n) is 2.25. The second-order valence-corrected chi connectivity index (χ2v) is 5.95. The Morgan fingerprint density at radius 1 is 1.29 bits per heavy atom. The van der Waals surface area contributed by atoms with Crippen LogP contribution in [0.25, 0.3) is 0 Å². The summed E-state index contributed by atoms with van der Waals surface area (Å²) in [5.74, 6) is 0.966. The standard InChI is InChI=1S/C15H15BrN4O/c16-12-3-1-11(2-4-12)7-15(21)20-8-13(9-20)19-14-5-6-17-10-18-14/h1-6,10,13H,7-9H2,(H,17,18,19). The summed E-state index contributed by atoms with van der Waals surface area (Å²) in [5.41, 5.74) is 1.04. The van der Waals surface area contributed by atoms with E-state index in [1.807, 2.05) is 35.2 Å². The second kappa shape index (κ2) is 6.22. The molecule has 0 spiro atoms. The predicted molar refractivity (Wildman–Crippen MR) is 83.9 cm³/mol. The van der Waals surface area contributed by atoms with Gasteiger partial charge in [0.05, 0.1) is 12.5 Å². The number of anilines is 1. The van der Waals surface area contributed by atoms with Gasteiger partial charge in [0, 0.05) is 23.8 Å². The zero-order valence-corrected chi connectivity index (χ0v) is 13.0. The number of halogens is 1. The van der Waals surface area contributed by atoms with Crippen LogP contribution in [0.3, 0.4) is 0 Å². The van der Waals surface area contributed by atoms with E-state index in [4.69, 9.17) is 0 Å². The van der Waals surface area contributed by atoms with E-state index in [1.54, 1.807) is 6.20 Å². The van der Waals surface area contributed by atoms with E-state index >= 15 is 0 Å². The molecule has 1 fully saturated rings. The maximum atomic E-state index is 12.1. The van der Waals surface area contributed by atoms with Crippen molar-refractivity contribution in [3.63, 3.8) is 0 Å². The van der Waals surface area contributed by atoms with E-state index in [2.05, 4.69) is 31.2 Å². The molecule has 0 bridgehead atoms. The lowest BCUT2D eigenvalue weighted by atomic mass is 10.1. The summed E-state index contributed by atoms with van der Waals surface area (Å²) >= 11 is 3.39. The van der Waals surface area contributed by atoms with Gasteiger partial charge in [-0.3, -0.25) is 4.79 Å². The Kier molecular flexibility index (Phi) is 4.15. The van der Waals surface area contributed by atoms with Crippen molar-refractivity contribution in [2.24, 2.45) is 0 Å². The zero-order chi connectivity index (χ0) is 14.7. The van der Waals surface area contributed by atoms with Crippen LogP contribution in [0.15, 0.2) is 47.3 Å². The molecule has 6 heteroatoms. The van der Waals surface area contributed by atoms with E-state index in [-0.39, 0.29) is 11.9 Å². The van der Waals surface area contributed by atoms with Gasteiger partial charge in [-0.15, -0.1) is 0 Å². The van der Waals surface area contributed by atoms with Crippen molar-refractivity contribution in [1.82, 2.24) is 14.9 Å². The minimum absolute atomic E-state index is 0.165. The van der Waals surface area contributed by atoms with Crippen molar-refractivity contribution < 1.29 is 4.79 Å². The summed E-state index contributed by atoms with van der Waals surface area (Å²) in [6.07, 6.45) is 3.66. The summed E-state index contributed by atoms with van der Waals surface area (Å²) in [5, 5.41) is 3.28. The highest BCUT2D eigenvalue weighted by molar-refractivity contribution is 9.10. The highest BCUT2D eigenvalue weighted by Gasteiger charge is 2.30. The first kappa shape index (κ1) is 14.0. The lowest BCUT2D eigenvalue weighted by molar-refractivity contribution is -0.134. The average Bonchev–Trinajstić information content (AvgIpc) is 2.46. The van der Waals surface area contributed by atoms with E-state index in [9.17, 15) is 4.79 Å². The van der Waals surface area contributed by atoms with Crippen molar-refractivity contribution in [2.75, 3.05) is 18.4 Å². The van der Waals surface area contributed by atoms with Gasteiger partial charge in [0.15, 0.2) is 0 Å². The molecule has 0 atom stereocenters. The minimum atomic E-state index is 0.165. The van der Waals surface area contributed by atoms with Gasteiger partial charge in [-0.2, -0.15) is 0 Å². The van der Waals surface area contributed by atoms with Gasteiger partial charge in [0.1, 0.15) is 12.1 Å². The van der Waals surface area contributed by atoms with E-state index in [0.29, 0.717) is 6.42 Å². The fourth-order valence-corrected chi connectivity index (χ4v) is 2.51. The molecule has 1 aromatic heterocycles. The molecule has 0 unspecified atom stereocenters. The van der Waals surface area contributed by atoms with Crippen molar-refractivity contribution in [1.29, 1.82) is 0 Å². The third-order valence-corrected chi connectivity index (χ3v) is 3.97. The van der Waals surface area contributed by atoms with Crippen molar-refractivity contribution in [2.45, 2.75) is 12.5 Å². The maximum Gasteiger partial charge on any atom is 0.227 e. The first-order valence-electron chi connectivity index (χ1n) is 6.75. The number of aromatic nitrogens is 2. The largest absolute Gasteiger partial charge is 0.364 e. The summed E-state index contributed by atoms with van der Waals surface area (Å²) in [6, 6.07) is 9.95. The smallest absolute Gasteiger partial charge is 0.227 e. The number of likely N-dealkylation sites (tertiary alicyclic amines) is 1. The van der Waals surface area contributed by atoms with Crippen LogP contribution < -0.4 is 5.32 Å². The Bertz CT molecular complexity index is 611. The molecular formula is C15H15BrN4O. The Morgan fingerprint density at radius 3 is 2.71 bits per heavy atom. The SMILES string of the molecule is O=C(Cc1ccc(Br)cc1)N1CC(Nc2ccncn2)C1. The van der Waals surface area contributed by atoms with E-state index < -0.39 is 0 Å². The van der Waals surface area contributed by atoms with Gasteiger partial charge < -0.3 is 10.2 Å². The number of nitrogens with zero attached hydrogens (tertiary/aromatic N) is 3. The van der Waals surface area contributed by atoms with Crippen molar-refractivity contribution in [3.05, 3.63) is 52.9 Å². The first-order valence-corrected chi connectivity index (χ1v) is 7.55. The molecular weight excluding hydrogens is 332 g/mol. The molecule has 1 N–H and O–H groups in total. The summed E-state index contributed by atoms with van der Waals surface area (Å²) < 4.78 is 1.02. The number of benzene rings is 1. The van der Waals surface area contributed by atoms with Crippen LogP contribution in [0.5, 0.6) is 0 Å². The molecule has 0 saturated carbocycles. The lowest BCUT2D eigenvalue weighted by Crippen LogP contribution is -2.57. The van der Waals surface area contributed by atoms with Crippen molar-refractivity contribution >= 4 is 27.7 Å². The average molecular weight is 347 g/mol. The highest BCUT2D eigenvalue weighted by atomic mass is 79.9. The number of carbonyl (C=O) groups excluding carboxylic acids is 1. The van der Waals surface area contributed by atoms with Gasteiger partial charge in [-0.1, -0.05) is 28.1 Å². The number of carbonyl (C=O) groups is 1. The normalized spacial score (nSPS) is 14.6. The van der Waals surface area contributed by atoms with Crippen LogP contribution in [0.4, 0.5) is 5.82 Å². The zero-order valence-electron chi connectivity index (χ0n) is 11.4. The summed E-state index contributed by atoms with van der Waals surface area (Å²) in [4.78, 5) is 22.0. The molecule has 2 heterocycles. The molecule has 0 aliphatic carbocycles. The molecule has 1 saturated heterocycles. The Morgan fingerprint density at radius 2 is 2.05 bits per heavy atom. The molecule has 2 aromatic rings. The summed E-state index contributed by atoms with van der Waals surface area (Å²) in [7, 11) is 0.